The van der Waals surface area contributed by atoms with Crippen LogP contribution in [0.1, 0.15) is 9.75 Å². The minimum absolute atomic E-state index is 0.859. The monoisotopic (exact) mass is 404 g/mol. The average molecular weight is 405 g/mol. The molecule has 0 spiro atoms. The Bertz CT molecular complexity index is 331. The standard InChI is InChI=1S/C3H3BrN2S.C3H3IN2S/c2*1-2-3(4)5-6-7-2/h2*1H3. The maximum absolute atomic E-state index is 3.77. The highest BCUT2D eigenvalue weighted by atomic mass is 127. The van der Waals surface area contributed by atoms with Crippen molar-refractivity contribution in [1.29, 1.82) is 0 Å². The minimum atomic E-state index is 0.859. The van der Waals surface area contributed by atoms with Crippen molar-refractivity contribution in [2.75, 3.05) is 0 Å². The quantitative estimate of drug-likeness (QED) is 0.633. The largest absolute Gasteiger partial charge is 0.144 e. The van der Waals surface area contributed by atoms with Crippen molar-refractivity contribution in [2.24, 2.45) is 0 Å². The molecule has 0 radical (unpaired) electrons. The van der Waals surface area contributed by atoms with Crippen LogP contribution in [0.15, 0.2) is 4.60 Å². The molecule has 0 fully saturated rings. The van der Waals surface area contributed by atoms with E-state index in [2.05, 4.69) is 57.7 Å². The SMILES string of the molecule is Cc1snnc1Br.Cc1snnc1I. The Morgan fingerprint density at radius 2 is 1.64 bits per heavy atom. The van der Waals surface area contributed by atoms with E-state index in [0.717, 1.165) is 13.2 Å². The summed E-state index contributed by atoms with van der Waals surface area (Å²) in [5, 5.41) is 7.47. The van der Waals surface area contributed by atoms with Gasteiger partial charge in [0.2, 0.25) is 0 Å². The van der Waals surface area contributed by atoms with Crippen LogP contribution in [-0.2, 0) is 0 Å². The maximum atomic E-state index is 3.77. The number of aromatic nitrogens is 4. The van der Waals surface area contributed by atoms with Crippen LogP contribution in [0, 0.1) is 17.5 Å². The fraction of sp³-hybridized carbons (Fsp3) is 0.333. The Kier molecular flexibility index (Phi) is 5.34. The van der Waals surface area contributed by atoms with Crippen LogP contribution < -0.4 is 0 Å². The summed E-state index contributed by atoms with van der Waals surface area (Å²) >= 11 is 8.19. The molecule has 0 aromatic carbocycles. The molecule has 0 bridgehead atoms. The fourth-order valence-corrected chi connectivity index (χ4v) is 2.12. The molecule has 4 nitrogen and oxygen atoms in total. The lowest BCUT2D eigenvalue weighted by molar-refractivity contribution is 1.11. The number of hydrogen-bond acceptors (Lipinski definition) is 6. The second-order valence-corrected chi connectivity index (χ2v) is 5.93. The van der Waals surface area contributed by atoms with Gasteiger partial charge >= 0.3 is 0 Å². The first kappa shape index (κ1) is 12.4. The van der Waals surface area contributed by atoms with Gasteiger partial charge in [-0.15, -0.1) is 10.2 Å². The van der Waals surface area contributed by atoms with Crippen molar-refractivity contribution in [3.8, 4) is 0 Å². The van der Waals surface area contributed by atoms with Crippen molar-refractivity contribution >= 4 is 61.6 Å². The number of halogens is 2. The van der Waals surface area contributed by atoms with Gasteiger partial charge in [0.15, 0.2) is 0 Å². The molecule has 0 saturated heterocycles. The molecule has 0 aliphatic heterocycles. The number of aryl methyl sites for hydroxylation is 2. The molecule has 0 amide bonds. The normalized spacial score (nSPS) is 9.43. The van der Waals surface area contributed by atoms with Gasteiger partial charge in [0, 0.05) is 0 Å². The van der Waals surface area contributed by atoms with Gasteiger partial charge in [-0.3, -0.25) is 0 Å². The summed E-state index contributed by atoms with van der Waals surface area (Å²) in [6.07, 6.45) is 0. The van der Waals surface area contributed by atoms with E-state index in [1.807, 2.05) is 13.8 Å². The Hall–Kier alpha value is 0.330. The summed E-state index contributed by atoms with van der Waals surface area (Å²) in [6.45, 7) is 3.97. The highest BCUT2D eigenvalue weighted by molar-refractivity contribution is 14.1. The van der Waals surface area contributed by atoms with Gasteiger partial charge in [0.05, 0.1) is 9.75 Å². The average Bonchev–Trinajstić information content (AvgIpc) is 2.67. The molecule has 0 saturated carbocycles. The van der Waals surface area contributed by atoms with Crippen LogP contribution in [0.4, 0.5) is 0 Å². The van der Waals surface area contributed by atoms with E-state index in [0.29, 0.717) is 0 Å². The molecule has 2 heterocycles. The summed E-state index contributed by atoms with van der Waals surface area (Å²) in [4.78, 5) is 2.32. The van der Waals surface area contributed by atoms with Gasteiger partial charge in [-0.05, 0) is 75.4 Å². The maximum Gasteiger partial charge on any atom is 0.144 e. The van der Waals surface area contributed by atoms with E-state index < -0.39 is 0 Å². The van der Waals surface area contributed by atoms with E-state index in [1.165, 1.54) is 27.9 Å². The third-order valence-electron chi connectivity index (χ3n) is 1.19. The molecule has 0 unspecified atom stereocenters. The first-order valence-corrected chi connectivity index (χ1v) is 6.92. The summed E-state index contributed by atoms with van der Waals surface area (Å²) in [5.41, 5.74) is 0. The molecule has 2 aromatic rings. The van der Waals surface area contributed by atoms with E-state index in [9.17, 15) is 0 Å². The zero-order valence-corrected chi connectivity index (χ0v) is 12.7. The number of hydrogen-bond donors (Lipinski definition) is 0. The van der Waals surface area contributed by atoms with Crippen molar-refractivity contribution < 1.29 is 0 Å². The molecular weight excluding hydrogens is 399 g/mol. The van der Waals surface area contributed by atoms with E-state index >= 15 is 0 Å². The third kappa shape index (κ3) is 3.83. The zero-order valence-electron chi connectivity index (χ0n) is 7.36. The number of rotatable bonds is 0. The lowest BCUT2D eigenvalue weighted by Crippen LogP contribution is -1.69. The van der Waals surface area contributed by atoms with Crippen molar-refractivity contribution in [3.05, 3.63) is 18.1 Å². The van der Waals surface area contributed by atoms with Gasteiger partial charge < -0.3 is 0 Å². The topological polar surface area (TPSA) is 51.6 Å². The highest BCUT2D eigenvalue weighted by Gasteiger charge is 1.94. The first-order valence-electron chi connectivity index (χ1n) is 3.50. The van der Waals surface area contributed by atoms with Crippen LogP contribution in [0.3, 0.4) is 0 Å². The Balaban J connectivity index is 0.000000140. The van der Waals surface area contributed by atoms with E-state index in [1.54, 1.807) is 0 Å². The molecular formula is C6H6BrIN4S2. The predicted octanol–water partition coefficient (Wildman–Crippen LogP) is 3.06. The van der Waals surface area contributed by atoms with E-state index in [-0.39, 0.29) is 0 Å². The zero-order chi connectivity index (χ0) is 10.6. The highest BCUT2D eigenvalue weighted by Crippen LogP contribution is 2.13. The first-order chi connectivity index (χ1) is 6.61. The lowest BCUT2D eigenvalue weighted by Gasteiger charge is -1.72. The number of nitrogens with zero attached hydrogens (tertiary/aromatic N) is 4. The van der Waals surface area contributed by atoms with Crippen LogP contribution in [0.2, 0.25) is 0 Å². The Morgan fingerprint density at radius 3 is 1.79 bits per heavy atom. The van der Waals surface area contributed by atoms with Gasteiger partial charge in [0.25, 0.3) is 0 Å². The van der Waals surface area contributed by atoms with Gasteiger partial charge in [-0.2, -0.15) is 0 Å². The van der Waals surface area contributed by atoms with E-state index in [4.69, 9.17) is 0 Å². The molecule has 76 valence electrons. The Labute approximate surface area is 112 Å². The third-order valence-corrected chi connectivity index (χ3v) is 4.86. The second kappa shape index (κ2) is 6.03. The van der Waals surface area contributed by atoms with Gasteiger partial charge in [0.1, 0.15) is 8.30 Å². The molecule has 2 rings (SSSR count). The predicted molar refractivity (Wildman–Crippen MR) is 69.7 cm³/mol. The molecule has 0 N–H and O–H groups in total. The summed E-state index contributed by atoms with van der Waals surface area (Å²) in [5.74, 6) is 0. The fourth-order valence-electron chi connectivity index (χ4n) is 0.451. The molecule has 0 atom stereocenters. The van der Waals surface area contributed by atoms with Crippen molar-refractivity contribution in [1.82, 2.24) is 19.2 Å². The Morgan fingerprint density at radius 1 is 1.07 bits per heavy atom. The second-order valence-electron chi connectivity index (χ2n) is 2.24. The van der Waals surface area contributed by atoms with Crippen LogP contribution in [0.5, 0.6) is 0 Å². The smallest absolute Gasteiger partial charge is 0.132 e. The van der Waals surface area contributed by atoms with Gasteiger partial charge in [-0.1, -0.05) is 8.98 Å². The molecule has 2 aromatic heterocycles. The molecule has 0 aliphatic rings. The van der Waals surface area contributed by atoms with Crippen molar-refractivity contribution in [2.45, 2.75) is 13.8 Å². The lowest BCUT2D eigenvalue weighted by atomic mass is 10.7. The van der Waals surface area contributed by atoms with Gasteiger partial charge in [-0.25, -0.2) is 0 Å². The summed E-state index contributed by atoms with van der Waals surface area (Å²) in [7, 11) is 0. The van der Waals surface area contributed by atoms with Crippen molar-refractivity contribution in [3.63, 3.8) is 0 Å². The molecule has 0 aliphatic carbocycles. The summed E-state index contributed by atoms with van der Waals surface area (Å²) < 4.78 is 9.25. The molecule has 14 heavy (non-hydrogen) atoms. The van der Waals surface area contributed by atoms with Crippen LogP contribution in [-0.4, -0.2) is 19.2 Å². The minimum Gasteiger partial charge on any atom is -0.132 e. The summed E-state index contributed by atoms with van der Waals surface area (Å²) in [6, 6.07) is 0. The van der Waals surface area contributed by atoms with Crippen LogP contribution in [0.25, 0.3) is 0 Å². The molecule has 8 heteroatoms. The van der Waals surface area contributed by atoms with Crippen LogP contribution >= 0.6 is 61.6 Å².